The molecule has 4 aromatic rings. The van der Waals surface area contributed by atoms with Crippen molar-refractivity contribution in [2.75, 3.05) is 0 Å². The second kappa shape index (κ2) is 3.83. The number of nitrogens with one attached hydrogen (secondary N) is 1. The highest BCUT2D eigenvalue weighted by Gasteiger charge is 2.07. The summed E-state index contributed by atoms with van der Waals surface area (Å²) in [5.41, 5.74) is 3.95. The van der Waals surface area contributed by atoms with Crippen LogP contribution in [0.5, 0.6) is 0 Å². The van der Waals surface area contributed by atoms with E-state index in [4.69, 9.17) is 11.6 Å². The van der Waals surface area contributed by atoms with E-state index in [0.29, 0.717) is 5.15 Å². The minimum Gasteiger partial charge on any atom is -0.346 e. The van der Waals surface area contributed by atoms with Crippen LogP contribution >= 0.6 is 11.6 Å². The van der Waals surface area contributed by atoms with Gasteiger partial charge in [0.1, 0.15) is 16.4 Å². The fourth-order valence-electron chi connectivity index (χ4n) is 2.33. The lowest BCUT2D eigenvalue weighted by Gasteiger charge is -2.04. The molecular formula is C14H9ClN4. The molecule has 0 unspecified atom stereocenters. The summed E-state index contributed by atoms with van der Waals surface area (Å²) in [4.78, 5) is 11.7. The number of hydrogen-bond donors (Lipinski definition) is 1. The molecule has 19 heavy (non-hydrogen) atoms. The minimum atomic E-state index is 0.614. The average molecular weight is 269 g/mol. The van der Waals surface area contributed by atoms with Crippen molar-refractivity contribution < 1.29 is 0 Å². The Labute approximate surface area is 113 Å². The van der Waals surface area contributed by atoms with Gasteiger partial charge in [0.2, 0.25) is 0 Å². The summed E-state index contributed by atoms with van der Waals surface area (Å²) >= 11 is 6.03. The van der Waals surface area contributed by atoms with Gasteiger partial charge in [0.15, 0.2) is 0 Å². The number of rotatable bonds is 1. The Morgan fingerprint density at radius 3 is 3.05 bits per heavy atom. The Kier molecular flexibility index (Phi) is 2.13. The zero-order chi connectivity index (χ0) is 12.8. The third kappa shape index (κ3) is 1.54. The van der Waals surface area contributed by atoms with Crippen molar-refractivity contribution in [3.05, 3.63) is 54.2 Å². The minimum absolute atomic E-state index is 0.614. The maximum atomic E-state index is 6.03. The zero-order valence-corrected chi connectivity index (χ0v) is 10.6. The van der Waals surface area contributed by atoms with E-state index in [0.717, 1.165) is 27.8 Å². The van der Waals surface area contributed by atoms with Crippen molar-refractivity contribution in [3.63, 3.8) is 0 Å². The van der Waals surface area contributed by atoms with Gasteiger partial charge in [-0.3, -0.25) is 4.40 Å². The number of imidazole rings is 1. The van der Waals surface area contributed by atoms with E-state index < -0.39 is 0 Å². The molecule has 0 bridgehead atoms. The van der Waals surface area contributed by atoms with Gasteiger partial charge in [-0.15, -0.1) is 0 Å². The van der Waals surface area contributed by atoms with Gasteiger partial charge >= 0.3 is 0 Å². The topological polar surface area (TPSA) is 46.0 Å². The molecule has 0 aliphatic rings. The van der Waals surface area contributed by atoms with Crippen LogP contribution in [0.25, 0.3) is 27.8 Å². The lowest BCUT2D eigenvalue weighted by Crippen LogP contribution is -1.87. The summed E-state index contributed by atoms with van der Waals surface area (Å²) < 4.78 is 1.85. The third-order valence-electron chi connectivity index (χ3n) is 3.24. The number of hydrogen-bond acceptors (Lipinski definition) is 2. The highest BCUT2D eigenvalue weighted by atomic mass is 35.5. The Hall–Kier alpha value is -2.33. The van der Waals surface area contributed by atoms with Crippen molar-refractivity contribution in [3.8, 4) is 11.1 Å². The van der Waals surface area contributed by atoms with E-state index in [1.165, 1.54) is 0 Å². The summed E-state index contributed by atoms with van der Waals surface area (Å²) in [5.74, 6) is 0. The van der Waals surface area contributed by atoms with Crippen LogP contribution in [0.3, 0.4) is 0 Å². The quantitative estimate of drug-likeness (QED) is 0.574. The largest absolute Gasteiger partial charge is 0.346 e. The molecule has 4 aromatic heterocycles. The lowest BCUT2D eigenvalue weighted by molar-refractivity contribution is 1.19. The van der Waals surface area contributed by atoms with Crippen LogP contribution in [0, 0.1) is 0 Å². The molecular weight excluding hydrogens is 260 g/mol. The smallest absolute Gasteiger partial charge is 0.138 e. The third-order valence-corrected chi connectivity index (χ3v) is 3.52. The van der Waals surface area contributed by atoms with Gasteiger partial charge in [0.25, 0.3) is 0 Å². The number of aromatic nitrogens is 4. The van der Waals surface area contributed by atoms with E-state index in [2.05, 4.69) is 15.0 Å². The van der Waals surface area contributed by atoms with Gasteiger partial charge in [-0.05, 0) is 35.4 Å². The van der Waals surface area contributed by atoms with Gasteiger partial charge in [0.05, 0.1) is 6.20 Å². The summed E-state index contributed by atoms with van der Waals surface area (Å²) in [6.45, 7) is 0. The van der Waals surface area contributed by atoms with Crippen LogP contribution in [-0.4, -0.2) is 19.4 Å². The summed E-state index contributed by atoms with van der Waals surface area (Å²) in [6.07, 6.45) is 7.28. The van der Waals surface area contributed by atoms with Crippen molar-refractivity contribution in [2.45, 2.75) is 0 Å². The maximum absolute atomic E-state index is 6.03. The van der Waals surface area contributed by atoms with Crippen LogP contribution in [0.15, 0.2) is 49.1 Å². The molecule has 1 N–H and O–H groups in total. The molecule has 5 heteroatoms. The standard InChI is InChI=1S/C14H9ClN4/c15-12-8-18-13-7-9(3-6-19(12)13)10-1-4-16-14-11(10)2-5-17-14/h1-8H,(H,16,17). The monoisotopic (exact) mass is 268 g/mol. The van der Waals surface area contributed by atoms with Crippen molar-refractivity contribution in [1.29, 1.82) is 0 Å². The first kappa shape index (κ1) is 10.6. The Morgan fingerprint density at radius 1 is 1.16 bits per heavy atom. The Morgan fingerprint density at radius 2 is 2.11 bits per heavy atom. The molecule has 92 valence electrons. The first-order valence-electron chi connectivity index (χ1n) is 5.88. The fourth-order valence-corrected chi connectivity index (χ4v) is 2.52. The molecule has 4 heterocycles. The Bertz CT molecular complexity index is 891. The molecule has 4 nitrogen and oxygen atoms in total. The summed E-state index contributed by atoms with van der Waals surface area (Å²) in [6, 6.07) is 8.09. The number of H-pyrrole nitrogens is 1. The predicted octanol–water partition coefficient (Wildman–Crippen LogP) is 3.53. The molecule has 0 aliphatic carbocycles. The van der Waals surface area contributed by atoms with Gasteiger partial charge < -0.3 is 4.98 Å². The number of nitrogens with zero attached hydrogens (tertiary/aromatic N) is 3. The van der Waals surface area contributed by atoms with Crippen LogP contribution in [0.4, 0.5) is 0 Å². The van der Waals surface area contributed by atoms with Crippen molar-refractivity contribution in [1.82, 2.24) is 19.4 Å². The molecule has 0 radical (unpaired) electrons. The van der Waals surface area contributed by atoms with Gasteiger partial charge in [0, 0.05) is 24.0 Å². The van der Waals surface area contributed by atoms with E-state index in [9.17, 15) is 0 Å². The maximum Gasteiger partial charge on any atom is 0.138 e. The van der Waals surface area contributed by atoms with Crippen LogP contribution in [0.1, 0.15) is 0 Å². The Balaban J connectivity index is 2.01. The first-order valence-corrected chi connectivity index (χ1v) is 6.26. The molecule has 0 aliphatic heterocycles. The van der Waals surface area contributed by atoms with E-state index in [-0.39, 0.29) is 0 Å². The van der Waals surface area contributed by atoms with E-state index in [1.54, 1.807) is 12.4 Å². The molecule has 0 saturated carbocycles. The number of halogens is 1. The SMILES string of the molecule is Clc1cnc2cc(-c3ccnc4[nH]ccc34)ccn12. The molecule has 0 atom stereocenters. The van der Waals surface area contributed by atoms with E-state index in [1.807, 2.05) is 41.1 Å². The lowest BCUT2D eigenvalue weighted by atomic mass is 10.1. The highest BCUT2D eigenvalue weighted by molar-refractivity contribution is 6.29. The number of fused-ring (bicyclic) bond motifs is 2. The molecule has 0 aromatic carbocycles. The summed E-state index contributed by atoms with van der Waals surface area (Å²) in [7, 11) is 0. The van der Waals surface area contributed by atoms with Gasteiger partial charge in [-0.2, -0.15) is 0 Å². The van der Waals surface area contributed by atoms with Crippen LogP contribution < -0.4 is 0 Å². The average Bonchev–Trinajstić information content (AvgIpc) is 3.05. The van der Waals surface area contributed by atoms with Crippen LogP contribution in [-0.2, 0) is 0 Å². The number of aromatic amines is 1. The molecule has 0 spiro atoms. The predicted molar refractivity (Wildman–Crippen MR) is 75.3 cm³/mol. The number of pyridine rings is 2. The molecule has 0 amide bonds. The van der Waals surface area contributed by atoms with Crippen molar-refractivity contribution >= 4 is 28.3 Å². The van der Waals surface area contributed by atoms with Crippen LogP contribution in [0.2, 0.25) is 5.15 Å². The second-order valence-corrected chi connectivity index (χ2v) is 4.71. The van der Waals surface area contributed by atoms with Gasteiger partial charge in [-0.25, -0.2) is 9.97 Å². The normalized spacial score (nSPS) is 11.4. The molecule has 0 saturated heterocycles. The molecule has 0 fully saturated rings. The second-order valence-electron chi connectivity index (χ2n) is 4.32. The fraction of sp³-hybridized carbons (Fsp3) is 0. The summed E-state index contributed by atoms with van der Waals surface area (Å²) in [5, 5.41) is 1.72. The first-order chi connectivity index (χ1) is 9.33. The highest BCUT2D eigenvalue weighted by Crippen LogP contribution is 2.28. The van der Waals surface area contributed by atoms with E-state index >= 15 is 0 Å². The van der Waals surface area contributed by atoms with Gasteiger partial charge in [-0.1, -0.05) is 11.6 Å². The molecule has 4 rings (SSSR count). The van der Waals surface area contributed by atoms with Crippen molar-refractivity contribution in [2.24, 2.45) is 0 Å². The zero-order valence-electron chi connectivity index (χ0n) is 9.84.